The van der Waals surface area contributed by atoms with Gasteiger partial charge >= 0.3 is 0 Å². The lowest BCUT2D eigenvalue weighted by Gasteiger charge is -2.26. The standard InChI is InChI=1S/C13H23ClN2S/c1-3-4-5-6-11(9-15)16(2)10-12-7-8-13(14)17-12/h7-8,11H,3-6,9-10,15H2,1-2H3. The van der Waals surface area contributed by atoms with E-state index in [1.54, 1.807) is 11.3 Å². The Hall–Kier alpha value is -0.0900. The maximum atomic E-state index is 5.94. The SMILES string of the molecule is CCCCCC(CN)N(C)Cc1ccc(Cl)s1. The van der Waals surface area contributed by atoms with Crippen LogP contribution in [-0.2, 0) is 6.54 Å². The van der Waals surface area contributed by atoms with Crippen molar-refractivity contribution in [1.29, 1.82) is 0 Å². The first-order chi connectivity index (χ1) is 8.17. The summed E-state index contributed by atoms with van der Waals surface area (Å²) in [6.07, 6.45) is 5.03. The molecule has 0 aliphatic heterocycles. The Morgan fingerprint density at radius 2 is 2.18 bits per heavy atom. The molecule has 0 amide bonds. The number of thiophene rings is 1. The van der Waals surface area contributed by atoms with Gasteiger partial charge in [0.05, 0.1) is 4.34 Å². The van der Waals surface area contributed by atoms with Gasteiger partial charge in [0.1, 0.15) is 0 Å². The summed E-state index contributed by atoms with van der Waals surface area (Å²) < 4.78 is 0.865. The highest BCUT2D eigenvalue weighted by molar-refractivity contribution is 7.16. The fourth-order valence-electron chi connectivity index (χ4n) is 1.96. The summed E-state index contributed by atoms with van der Waals surface area (Å²) >= 11 is 7.59. The summed E-state index contributed by atoms with van der Waals surface area (Å²) in [4.78, 5) is 3.66. The molecule has 1 heterocycles. The number of likely N-dealkylation sites (N-methyl/N-ethyl adjacent to an activating group) is 1. The maximum Gasteiger partial charge on any atom is 0.0931 e. The molecule has 2 nitrogen and oxygen atoms in total. The Morgan fingerprint density at radius 1 is 1.41 bits per heavy atom. The smallest absolute Gasteiger partial charge is 0.0931 e. The monoisotopic (exact) mass is 274 g/mol. The minimum absolute atomic E-state index is 0.488. The van der Waals surface area contributed by atoms with Crippen molar-refractivity contribution in [2.75, 3.05) is 13.6 Å². The highest BCUT2D eigenvalue weighted by Crippen LogP contribution is 2.23. The molecule has 0 saturated carbocycles. The van der Waals surface area contributed by atoms with Crippen molar-refractivity contribution >= 4 is 22.9 Å². The number of hydrogen-bond donors (Lipinski definition) is 1. The van der Waals surface area contributed by atoms with Gasteiger partial charge in [-0.25, -0.2) is 0 Å². The van der Waals surface area contributed by atoms with Crippen LogP contribution in [0.4, 0.5) is 0 Å². The molecule has 0 bridgehead atoms. The second-order valence-electron chi connectivity index (χ2n) is 4.51. The van der Waals surface area contributed by atoms with Gasteiger partial charge in [-0.15, -0.1) is 11.3 Å². The molecule has 0 aromatic carbocycles. The van der Waals surface area contributed by atoms with E-state index in [2.05, 4.69) is 24.9 Å². The van der Waals surface area contributed by atoms with Gasteiger partial charge in [0.25, 0.3) is 0 Å². The van der Waals surface area contributed by atoms with Crippen molar-refractivity contribution in [1.82, 2.24) is 4.90 Å². The van der Waals surface area contributed by atoms with E-state index in [1.807, 2.05) is 6.07 Å². The van der Waals surface area contributed by atoms with Crippen LogP contribution in [0.1, 0.15) is 37.5 Å². The molecule has 0 saturated heterocycles. The van der Waals surface area contributed by atoms with Gasteiger partial charge in [-0.3, -0.25) is 4.90 Å². The molecule has 0 fully saturated rings. The van der Waals surface area contributed by atoms with E-state index in [-0.39, 0.29) is 0 Å². The number of nitrogens with zero attached hydrogens (tertiary/aromatic N) is 1. The Balaban J connectivity index is 2.40. The van der Waals surface area contributed by atoms with Gasteiger partial charge in [-0.1, -0.05) is 37.8 Å². The third-order valence-electron chi connectivity index (χ3n) is 3.07. The summed E-state index contributed by atoms with van der Waals surface area (Å²) in [5, 5.41) is 0. The van der Waals surface area contributed by atoms with Crippen LogP contribution in [0, 0.1) is 0 Å². The molecule has 17 heavy (non-hydrogen) atoms. The second kappa shape index (κ2) is 8.09. The fourth-order valence-corrected chi connectivity index (χ4v) is 3.11. The van der Waals surface area contributed by atoms with E-state index in [0.29, 0.717) is 6.04 Å². The van der Waals surface area contributed by atoms with Gasteiger partial charge < -0.3 is 5.73 Å². The van der Waals surface area contributed by atoms with Gasteiger partial charge in [-0.2, -0.15) is 0 Å². The van der Waals surface area contributed by atoms with E-state index >= 15 is 0 Å². The van der Waals surface area contributed by atoms with E-state index in [0.717, 1.165) is 17.4 Å². The van der Waals surface area contributed by atoms with Crippen LogP contribution in [0.25, 0.3) is 0 Å². The number of nitrogens with two attached hydrogens (primary N) is 1. The molecule has 2 N–H and O–H groups in total. The normalized spacial score (nSPS) is 13.2. The first kappa shape index (κ1) is 15.0. The van der Waals surface area contributed by atoms with Crippen molar-refractivity contribution in [3.05, 3.63) is 21.3 Å². The Kier molecular flexibility index (Phi) is 7.12. The summed E-state index contributed by atoms with van der Waals surface area (Å²) in [6, 6.07) is 4.55. The quantitative estimate of drug-likeness (QED) is 0.732. The molecule has 0 radical (unpaired) electrons. The van der Waals surface area contributed by atoms with Crippen LogP contribution in [0.3, 0.4) is 0 Å². The van der Waals surface area contributed by atoms with Gasteiger partial charge in [-0.05, 0) is 25.6 Å². The molecule has 1 atom stereocenters. The highest BCUT2D eigenvalue weighted by Gasteiger charge is 2.13. The van der Waals surface area contributed by atoms with E-state index < -0.39 is 0 Å². The zero-order valence-electron chi connectivity index (χ0n) is 10.8. The van der Waals surface area contributed by atoms with Crippen LogP contribution in [0.2, 0.25) is 4.34 Å². The molecular formula is C13H23ClN2S. The van der Waals surface area contributed by atoms with E-state index in [4.69, 9.17) is 17.3 Å². The largest absolute Gasteiger partial charge is 0.329 e. The van der Waals surface area contributed by atoms with Gasteiger partial charge in [0, 0.05) is 24.0 Å². The van der Waals surface area contributed by atoms with Crippen molar-refractivity contribution in [3.63, 3.8) is 0 Å². The molecule has 1 aromatic rings. The molecule has 0 spiro atoms. The van der Waals surface area contributed by atoms with Crippen LogP contribution < -0.4 is 5.73 Å². The highest BCUT2D eigenvalue weighted by atomic mass is 35.5. The lowest BCUT2D eigenvalue weighted by molar-refractivity contribution is 0.224. The van der Waals surface area contributed by atoms with Crippen LogP contribution >= 0.6 is 22.9 Å². The summed E-state index contributed by atoms with van der Waals surface area (Å²) in [5.74, 6) is 0. The minimum atomic E-state index is 0.488. The molecule has 1 rings (SSSR count). The third-order valence-corrected chi connectivity index (χ3v) is 4.29. The predicted molar refractivity (Wildman–Crippen MR) is 77.8 cm³/mol. The molecule has 4 heteroatoms. The summed E-state index contributed by atoms with van der Waals surface area (Å²) in [5.41, 5.74) is 5.85. The zero-order chi connectivity index (χ0) is 12.7. The molecule has 0 aliphatic rings. The van der Waals surface area contributed by atoms with Crippen LogP contribution in [-0.4, -0.2) is 24.5 Å². The number of halogens is 1. The lowest BCUT2D eigenvalue weighted by Crippen LogP contribution is -2.37. The van der Waals surface area contributed by atoms with E-state index in [9.17, 15) is 0 Å². The Bertz CT molecular complexity index is 314. The molecule has 0 aliphatic carbocycles. The van der Waals surface area contributed by atoms with Crippen molar-refractivity contribution in [3.8, 4) is 0 Å². The third kappa shape index (κ3) is 5.38. The average molecular weight is 275 g/mol. The van der Waals surface area contributed by atoms with Crippen molar-refractivity contribution < 1.29 is 0 Å². The van der Waals surface area contributed by atoms with Gasteiger partial charge in [0.15, 0.2) is 0 Å². The van der Waals surface area contributed by atoms with E-state index in [1.165, 1.54) is 30.6 Å². The van der Waals surface area contributed by atoms with Crippen molar-refractivity contribution in [2.24, 2.45) is 5.73 Å². The molecule has 1 aromatic heterocycles. The lowest BCUT2D eigenvalue weighted by atomic mass is 10.1. The molecule has 98 valence electrons. The molecule has 1 unspecified atom stereocenters. The fraction of sp³-hybridized carbons (Fsp3) is 0.692. The Labute approximate surface area is 114 Å². The minimum Gasteiger partial charge on any atom is -0.329 e. The van der Waals surface area contributed by atoms with Gasteiger partial charge in [0.2, 0.25) is 0 Å². The zero-order valence-corrected chi connectivity index (χ0v) is 12.4. The first-order valence-electron chi connectivity index (χ1n) is 6.31. The maximum absolute atomic E-state index is 5.94. The number of hydrogen-bond acceptors (Lipinski definition) is 3. The molecular weight excluding hydrogens is 252 g/mol. The second-order valence-corrected chi connectivity index (χ2v) is 6.31. The average Bonchev–Trinajstić information content (AvgIpc) is 2.70. The Morgan fingerprint density at radius 3 is 2.71 bits per heavy atom. The van der Waals surface area contributed by atoms with Crippen LogP contribution in [0.5, 0.6) is 0 Å². The topological polar surface area (TPSA) is 29.3 Å². The summed E-state index contributed by atoms with van der Waals surface area (Å²) in [7, 11) is 2.15. The van der Waals surface area contributed by atoms with Crippen molar-refractivity contribution in [2.45, 2.75) is 45.2 Å². The first-order valence-corrected chi connectivity index (χ1v) is 7.51. The predicted octanol–water partition coefficient (Wildman–Crippen LogP) is 3.74. The van der Waals surface area contributed by atoms with Crippen LogP contribution in [0.15, 0.2) is 12.1 Å². The number of unbranched alkanes of at least 4 members (excludes halogenated alkanes) is 2. The summed E-state index contributed by atoms with van der Waals surface area (Å²) in [6.45, 7) is 3.92. The number of rotatable bonds is 8.